The molecule has 1 aromatic heterocycles. The summed E-state index contributed by atoms with van der Waals surface area (Å²) < 4.78 is 1.92. The molecule has 160 valence electrons. The Morgan fingerprint density at radius 1 is 1.13 bits per heavy atom. The first-order valence-corrected chi connectivity index (χ1v) is 11.2. The summed E-state index contributed by atoms with van der Waals surface area (Å²) in [6, 6.07) is 11.2. The number of fused-ring (bicyclic) bond motifs is 1. The van der Waals surface area contributed by atoms with Crippen molar-refractivity contribution in [2.75, 3.05) is 6.54 Å². The summed E-state index contributed by atoms with van der Waals surface area (Å²) in [4.78, 5) is 12.4. The predicted molar refractivity (Wildman–Crippen MR) is 113 cm³/mol. The second kappa shape index (κ2) is 8.83. The molecular formula is C22H31N7O. The third-order valence-electron chi connectivity index (χ3n) is 6.89. The van der Waals surface area contributed by atoms with Gasteiger partial charge in [0.15, 0.2) is 0 Å². The molecule has 2 heterocycles. The second-order valence-corrected chi connectivity index (χ2v) is 8.95. The number of aromatic nitrogens is 3. The minimum Gasteiger partial charge on any atom is -0.338 e. The molecule has 0 bridgehead atoms. The number of nitrogens with one attached hydrogen (secondary N) is 4. The average Bonchev–Trinajstić information content (AvgIpc) is 3.34. The van der Waals surface area contributed by atoms with Crippen LogP contribution in [0.3, 0.4) is 0 Å². The van der Waals surface area contributed by atoms with Gasteiger partial charge in [-0.2, -0.15) is 0 Å². The Morgan fingerprint density at radius 2 is 2.00 bits per heavy atom. The van der Waals surface area contributed by atoms with Crippen molar-refractivity contribution in [2.24, 2.45) is 5.92 Å². The second-order valence-electron chi connectivity index (χ2n) is 8.95. The van der Waals surface area contributed by atoms with Gasteiger partial charge in [0.05, 0.1) is 24.9 Å². The molecular weight excluding hydrogens is 378 g/mol. The van der Waals surface area contributed by atoms with Gasteiger partial charge in [-0.25, -0.2) is 10.1 Å². The van der Waals surface area contributed by atoms with Crippen molar-refractivity contribution >= 4 is 5.91 Å². The molecule has 1 aliphatic heterocycles. The largest absolute Gasteiger partial charge is 0.338 e. The van der Waals surface area contributed by atoms with Gasteiger partial charge in [0.1, 0.15) is 0 Å². The molecule has 1 aromatic carbocycles. The van der Waals surface area contributed by atoms with E-state index in [0.29, 0.717) is 30.5 Å². The van der Waals surface area contributed by atoms with Gasteiger partial charge in [-0.1, -0.05) is 42.0 Å². The standard InChI is InChI=1S/C22H31N7O/c30-21(12-23-17-7-4-8-17)24-22-18-11-16(9-10-19(18)25-27-22)20-14-29(28-26-20)13-15-5-2-1-3-6-15/h1-3,5-6,14,16-19,22-23,25,27H,4,7-13H2,(H,24,30). The van der Waals surface area contributed by atoms with Crippen LogP contribution in [0.4, 0.5) is 0 Å². The summed E-state index contributed by atoms with van der Waals surface area (Å²) in [6.07, 6.45) is 8.85. The molecule has 2 aliphatic carbocycles. The SMILES string of the molecule is O=C(CNC1CCC1)NC1NNC2CCC(c3cn(Cc4ccccc4)nn3)CC21. The molecule has 8 heteroatoms. The molecule has 4 atom stereocenters. The molecule has 1 amide bonds. The molecule has 4 N–H and O–H groups in total. The highest BCUT2D eigenvalue weighted by Gasteiger charge is 2.42. The van der Waals surface area contributed by atoms with Crippen molar-refractivity contribution in [1.82, 2.24) is 36.5 Å². The molecule has 3 fully saturated rings. The lowest BCUT2D eigenvalue weighted by Crippen LogP contribution is -2.51. The van der Waals surface area contributed by atoms with E-state index in [1.165, 1.54) is 24.8 Å². The van der Waals surface area contributed by atoms with Crippen LogP contribution in [0.25, 0.3) is 0 Å². The molecule has 1 saturated heterocycles. The smallest absolute Gasteiger partial charge is 0.235 e. The first-order chi connectivity index (χ1) is 14.7. The normalized spacial score (nSPS) is 28.7. The van der Waals surface area contributed by atoms with Crippen LogP contribution in [-0.2, 0) is 11.3 Å². The van der Waals surface area contributed by atoms with Crippen molar-refractivity contribution in [3.8, 4) is 0 Å². The number of rotatable bonds is 7. The average molecular weight is 410 g/mol. The summed E-state index contributed by atoms with van der Waals surface area (Å²) in [7, 11) is 0. The van der Waals surface area contributed by atoms with Crippen LogP contribution < -0.4 is 21.5 Å². The Hall–Kier alpha value is -2.29. The Balaban J connectivity index is 1.17. The third-order valence-corrected chi connectivity index (χ3v) is 6.89. The van der Waals surface area contributed by atoms with Gasteiger partial charge in [-0.3, -0.25) is 10.2 Å². The number of hydrazine groups is 1. The number of carbonyl (C=O) groups is 1. The summed E-state index contributed by atoms with van der Waals surface area (Å²) in [5.41, 5.74) is 8.97. The van der Waals surface area contributed by atoms with E-state index in [2.05, 4.69) is 50.1 Å². The van der Waals surface area contributed by atoms with Gasteiger partial charge in [-0.15, -0.1) is 5.10 Å². The topological polar surface area (TPSA) is 95.9 Å². The van der Waals surface area contributed by atoms with Crippen LogP contribution in [0.5, 0.6) is 0 Å². The zero-order valence-corrected chi connectivity index (χ0v) is 17.3. The quantitative estimate of drug-likeness (QED) is 0.550. The highest BCUT2D eigenvalue weighted by molar-refractivity contribution is 5.78. The van der Waals surface area contributed by atoms with Gasteiger partial charge in [-0.05, 0) is 37.7 Å². The molecule has 0 spiro atoms. The first kappa shape index (κ1) is 19.7. The lowest BCUT2D eigenvalue weighted by Gasteiger charge is -2.32. The van der Waals surface area contributed by atoms with E-state index < -0.39 is 0 Å². The number of hydrogen-bond acceptors (Lipinski definition) is 6. The van der Waals surface area contributed by atoms with Crippen molar-refractivity contribution in [2.45, 2.75) is 69.2 Å². The summed E-state index contributed by atoms with van der Waals surface area (Å²) >= 11 is 0. The van der Waals surface area contributed by atoms with Crippen molar-refractivity contribution in [3.05, 3.63) is 47.8 Å². The molecule has 5 rings (SSSR count). The molecule has 2 aromatic rings. The lowest BCUT2D eigenvalue weighted by molar-refractivity contribution is -0.121. The van der Waals surface area contributed by atoms with Crippen LogP contribution in [0.15, 0.2) is 36.5 Å². The Morgan fingerprint density at radius 3 is 2.80 bits per heavy atom. The number of amides is 1. The first-order valence-electron chi connectivity index (χ1n) is 11.2. The molecule has 0 radical (unpaired) electrons. The van der Waals surface area contributed by atoms with Crippen LogP contribution in [0.1, 0.15) is 55.7 Å². The van der Waals surface area contributed by atoms with Crippen LogP contribution in [0, 0.1) is 5.92 Å². The van der Waals surface area contributed by atoms with Gasteiger partial charge < -0.3 is 10.6 Å². The number of nitrogens with zero attached hydrogens (tertiary/aromatic N) is 3. The number of carbonyl (C=O) groups excluding carboxylic acids is 1. The maximum Gasteiger partial charge on any atom is 0.235 e. The summed E-state index contributed by atoms with van der Waals surface area (Å²) in [6.45, 7) is 1.14. The molecule has 2 saturated carbocycles. The highest BCUT2D eigenvalue weighted by Crippen LogP contribution is 2.38. The van der Waals surface area contributed by atoms with Gasteiger partial charge >= 0.3 is 0 Å². The Labute approximate surface area is 177 Å². The van der Waals surface area contributed by atoms with Crippen LogP contribution >= 0.6 is 0 Å². The minimum absolute atomic E-state index is 0.0344. The minimum atomic E-state index is -0.0344. The lowest BCUT2D eigenvalue weighted by atomic mass is 9.76. The van der Waals surface area contributed by atoms with E-state index in [1.807, 2.05) is 22.9 Å². The van der Waals surface area contributed by atoms with Gasteiger partial charge in [0.25, 0.3) is 0 Å². The third kappa shape index (κ3) is 4.40. The van der Waals surface area contributed by atoms with Gasteiger partial charge in [0, 0.05) is 30.1 Å². The van der Waals surface area contributed by atoms with Crippen molar-refractivity contribution < 1.29 is 4.79 Å². The van der Waals surface area contributed by atoms with E-state index in [4.69, 9.17) is 0 Å². The van der Waals surface area contributed by atoms with Crippen LogP contribution in [-0.4, -0.2) is 45.7 Å². The highest BCUT2D eigenvalue weighted by atomic mass is 16.2. The molecule has 8 nitrogen and oxygen atoms in total. The zero-order chi connectivity index (χ0) is 20.3. The van der Waals surface area contributed by atoms with E-state index in [9.17, 15) is 4.79 Å². The molecule has 3 aliphatic rings. The van der Waals surface area contributed by atoms with Crippen molar-refractivity contribution in [1.29, 1.82) is 0 Å². The summed E-state index contributed by atoms with van der Waals surface area (Å²) in [5, 5.41) is 15.3. The zero-order valence-electron chi connectivity index (χ0n) is 17.3. The maximum absolute atomic E-state index is 12.4. The molecule has 4 unspecified atom stereocenters. The number of benzene rings is 1. The maximum atomic E-state index is 12.4. The van der Waals surface area contributed by atoms with Gasteiger partial charge in [0.2, 0.25) is 5.91 Å². The van der Waals surface area contributed by atoms with E-state index in [0.717, 1.165) is 31.5 Å². The van der Waals surface area contributed by atoms with E-state index in [1.54, 1.807) is 0 Å². The molecule has 30 heavy (non-hydrogen) atoms. The van der Waals surface area contributed by atoms with Crippen molar-refractivity contribution in [3.63, 3.8) is 0 Å². The predicted octanol–water partition coefficient (Wildman–Crippen LogP) is 1.27. The summed E-state index contributed by atoms with van der Waals surface area (Å²) in [5.74, 6) is 0.804. The fourth-order valence-electron chi connectivity index (χ4n) is 4.89. The number of hydrogen-bond donors (Lipinski definition) is 4. The van der Waals surface area contributed by atoms with E-state index in [-0.39, 0.29) is 12.1 Å². The fraction of sp³-hybridized carbons (Fsp3) is 0.591. The monoisotopic (exact) mass is 409 g/mol. The van der Waals surface area contributed by atoms with Crippen LogP contribution in [0.2, 0.25) is 0 Å². The van der Waals surface area contributed by atoms with E-state index >= 15 is 0 Å². The fourth-order valence-corrected chi connectivity index (χ4v) is 4.89. The Kier molecular flexibility index (Phi) is 5.79. The Bertz CT molecular complexity index is 850.